The highest BCUT2D eigenvalue weighted by Gasteiger charge is 2.40. The lowest BCUT2D eigenvalue weighted by Crippen LogP contribution is -2.37. The van der Waals surface area contributed by atoms with Crippen LogP contribution in [0, 0.1) is 5.82 Å². The molecule has 2 aliphatic rings. The normalized spacial score (nSPS) is 20.0. The van der Waals surface area contributed by atoms with Crippen LogP contribution in [0.25, 0.3) is 0 Å². The van der Waals surface area contributed by atoms with Gasteiger partial charge in [-0.05, 0) is 54.7 Å². The fraction of sp³-hybridized carbons (Fsp3) is 0.179. The van der Waals surface area contributed by atoms with Crippen molar-refractivity contribution < 1.29 is 14.0 Å². The van der Waals surface area contributed by atoms with Crippen molar-refractivity contribution in [3.63, 3.8) is 0 Å². The van der Waals surface area contributed by atoms with E-state index in [0.29, 0.717) is 40.9 Å². The highest BCUT2D eigenvalue weighted by Crippen LogP contribution is 2.45. The number of nitrogens with one attached hydrogen (secondary N) is 2. The Morgan fingerprint density at radius 2 is 1.76 bits per heavy atom. The molecular weight excluding hydrogens is 429 g/mol. The van der Waals surface area contributed by atoms with Gasteiger partial charge in [0.1, 0.15) is 5.82 Å². The first-order chi connectivity index (χ1) is 16.5. The van der Waals surface area contributed by atoms with Gasteiger partial charge in [-0.1, -0.05) is 42.5 Å². The summed E-state index contributed by atoms with van der Waals surface area (Å²) in [4.78, 5) is 31.1. The number of ketones is 1. The summed E-state index contributed by atoms with van der Waals surface area (Å²) in [5, 5.41) is 6.26. The monoisotopic (exact) mass is 453 g/mol. The summed E-state index contributed by atoms with van der Waals surface area (Å²) in [6.45, 7) is 1.84. The highest BCUT2D eigenvalue weighted by atomic mass is 19.1. The molecule has 1 aliphatic carbocycles. The summed E-state index contributed by atoms with van der Waals surface area (Å²) in [5.41, 5.74) is 4.92. The number of halogens is 1. The zero-order chi connectivity index (χ0) is 23.7. The molecule has 5 rings (SSSR count). The Morgan fingerprint density at radius 3 is 2.47 bits per heavy atom. The summed E-state index contributed by atoms with van der Waals surface area (Å²) < 4.78 is 13.7. The molecule has 2 unspecified atom stereocenters. The van der Waals surface area contributed by atoms with E-state index >= 15 is 0 Å². The second kappa shape index (κ2) is 9.06. The molecule has 0 saturated heterocycles. The summed E-state index contributed by atoms with van der Waals surface area (Å²) in [6.07, 6.45) is 4.22. The van der Waals surface area contributed by atoms with Crippen molar-refractivity contribution in [3.8, 4) is 0 Å². The lowest BCUT2D eigenvalue weighted by molar-refractivity contribution is -0.116. The molecule has 2 aromatic carbocycles. The number of Topliss-reactive ketones (excluding diaryl/α,β-unsaturated/α-hetero) is 1. The van der Waals surface area contributed by atoms with Gasteiger partial charge in [-0.2, -0.15) is 0 Å². The Bertz CT molecular complexity index is 1300. The maximum Gasteiger partial charge on any atom is 0.254 e. The van der Waals surface area contributed by atoms with E-state index in [1.54, 1.807) is 36.7 Å². The largest absolute Gasteiger partial charge is 0.362 e. The molecule has 170 valence electrons. The van der Waals surface area contributed by atoms with E-state index in [-0.39, 0.29) is 23.4 Å². The van der Waals surface area contributed by atoms with Crippen LogP contribution in [0.15, 0.2) is 102 Å². The maximum absolute atomic E-state index is 13.7. The second-order valence-corrected chi connectivity index (χ2v) is 8.68. The lowest BCUT2D eigenvalue weighted by Gasteiger charge is -2.37. The van der Waals surface area contributed by atoms with E-state index in [1.807, 2.05) is 37.3 Å². The number of dihydropyridines is 1. The molecule has 6 heteroatoms. The van der Waals surface area contributed by atoms with Crippen molar-refractivity contribution in [2.24, 2.45) is 0 Å². The average Bonchev–Trinajstić information content (AvgIpc) is 2.84. The predicted octanol–water partition coefficient (Wildman–Crippen LogP) is 5.22. The van der Waals surface area contributed by atoms with Crippen molar-refractivity contribution >= 4 is 17.4 Å². The topological polar surface area (TPSA) is 71.1 Å². The average molecular weight is 454 g/mol. The zero-order valence-corrected chi connectivity index (χ0v) is 18.7. The fourth-order valence-corrected chi connectivity index (χ4v) is 4.92. The Kier molecular flexibility index (Phi) is 5.80. The van der Waals surface area contributed by atoms with E-state index < -0.39 is 5.92 Å². The molecule has 1 aliphatic heterocycles. The van der Waals surface area contributed by atoms with Crippen molar-refractivity contribution in [3.05, 3.63) is 119 Å². The van der Waals surface area contributed by atoms with Crippen LogP contribution in [0.1, 0.15) is 42.7 Å². The third kappa shape index (κ3) is 4.15. The van der Waals surface area contributed by atoms with Gasteiger partial charge in [-0.25, -0.2) is 4.39 Å². The first kappa shape index (κ1) is 21.8. The number of aromatic nitrogens is 1. The number of rotatable bonds is 4. The molecule has 0 radical (unpaired) electrons. The molecule has 3 aromatic rings. The van der Waals surface area contributed by atoms with Crippen molar-refractivity contribution in [1.29, 1.82) is 0 Å². The SMILES string of the molecule is CC1=C(C(=O)Nc2cccnc2)C(c2ccc(F)cc2)C2=C(CC(c3ccccc3)CC2=O)N1. The fourth-order valence-electron chi connectivity index (χ4n) is 4.92. The van der Waals surface area contributed by atoms with Crippen LogP contribution >= 0.6 is 0 Å². The number of amides is 1. The summed E-state index contributed by atoms with van der Waals surface area (Å²) in [6, 6.07) is 19.5. The number of allylic oxidation sites excluding steroid dienone is 3. The van der Waals surface area contributed by atoms with E-state index in [1.165, 1.54) is 12.1 Å². The minimum absolute atomic E-state index is 0.00361. The number of pyridine rings is 1. The molecule has 34 heavy (non-hydrogen) atoms. The summed E-state index contributed by atoms with van der Waals surface area (Å²) in [7, 11) is 0. The van der Waals surface area contributed by atoms with Gasteiger partial charge < -0.3 is 10.6 Å². The molecule has 2 N–H and O–H groups in total. The first-order valence-electron chi connectivity index (χ1n) is 11.3. The third-order valence-corrected chi connectivity index (χ3v) is 6.47. The molecule has 1 amide bonds. The van der Waals surface area contributed by atoms with Gasteiger partial charge >= 0.3 is 0 Å². The Hall–Kier alpha value is -4.06. The number of anilines is 1. The van der Waals surface area contributed by atoms with Gasteiger partial charge in [-0.15, -0.1) is 0 Å². The van der Waals surface area contributed by atoms with E-state index in [4.69, 9.17) is 0 Å². The van der Waals surface area contributed by atoms with Gasteiger partial charge in [0, 0.05) is 41.1 Å². The Morgan fingerprint density at radius 1 is 1.00 bits per heavy atom. The number of hydrogen-bond donors (Lipinski definition) is 2. The van der Waals surface area contributed by atoms with Crippen LogP contribution < -0.4 is 10.6 Å². The van der Waals surface area contributed by atoms with E-state index in [9.17, 15) is 14.0 Å². The van der Waals surface area contributed by atoms with Gasteiger partial charge in [-0.3, -0.25) is 14.6 Å². The standard InChI is InChI=1S/C28H24FN3O2/c1-17-25(28(34)32-22-8-5-13-30-16-22)26(19-9-11-21(29)12-10-19)27-23(31-17)14-20(15-24(27)33)18-6-3-2-4-7-18/h2-13,16,20,26,31H,14-15H2,1H3,(H,32,34). The molecule has 0 bridgehead atoms. The maximum atomic E-state index is 13.7. The van der Waals surface area contributed by atoms with Crippen LogP contribution in [0.5, 0.6) is 0 Å². The Balaban J connectivity index is 1.56. The van der Waals surface area contributed by atoms with Gasteiger partial charge in [0.2, 0.25) is 0 Å². The number of carbonyl (C=O) groups is 2. The van der Waals surface area contributed by atoms with Gasteiger partial charge in [0.05, 0.1) is 11.9 Å². The van der Waals surface area contributed by atoms with Crippen molar-refractivity contribution in [2.45, 2.75) is 31.6 Å². The molecule has 2 atom stereocenters. The Labute approximate surface area is 197 Å². The predicted molar refractivity (Wildman–Crippen MR) is 128 cm³/mol. The van der Waals surface area contributed by atoms with Crippen LogP contribution in [0.4, 0.5) is 10.1 Å². The quantitative estimate of drug-likeness (QED) is 0.568. The van der Waals surface area contributed by atoms with Gasteiger partial charge in [0.25, 0.3) is 5.91 Å². The van der Waals surface area contributed by atoms with E-state index in [0.717, 1.165) is 11.3 Å². The van der Waals surface area contributed by atoms with Crippen LogP contribution in [-0.4, -0.2) is 16.7 Å². The first-order valence-corrected chi connectivity index (χ1v) is 11.3. The summed E-state index contributed by atoms with van der Waals surface area (Å²) in [5.74, 6) is -1.22. The van der Waals surface area contributed by atoms with E-state index in [2.05, 4.69) is 15.6 Å². The zero-order valence-electron chi connectivity index (χ0n) is 18.7. The van der Waals surface area contributed by atoms with Crippen molar-refractivity contribution in [2.75, 3.05) is 5.32 Å². The molecule has 0 spiro atoms. The third-order valence-electron chi connectivity index (χ3n) is 6.47. The van der Waals surface area contributed by atoms with Crippen LogP contribution in [0.3, 0.4) is 0 Å². The molecular formula is C28H24FN3O2. The number of nitrogens with zero attached hydrogens (tertiary/aromatic N) is 1. The molecule has 1 aromatic heterocycles. The molecule has 0 saturated carbocycles. The molecule has 2 heterocycles. The highest BCUT2D eigenvalue weighted by molar-refractivity contribution is 6.09. The number of carbonyl (C=O) groups excluding carboxylic acids is 2. The smallest absolute Gasteiger partial charge is 0.254 e. The molecule has 0 fully saturated rings. The number of benzene rings is 2. The lowest BCUT2D eigenvalue weighted by atomic mass is 9.71. The number of hydrogen-bond acceptors (Lipinski definition) is 4. The summed E-state index contributed by atoms with van der Waals surface area (Å²) >= 11 is 0. The van der Waals surface area contributed by atoms with Gasteiger partial charge in [0.15, 0.2) is 5.78 Å². The minimum atomic E-state index is -0.585. The van der Waals surface area contributed by atoms with Crippen LogP contribution in [0.2, 0.25) is 0 Å². The minimum Gasteiger partial charge on any atom is -0.362 e. The molecule has 5 nitrogen and oxygen atoms in total. The second-order valence-electron chi connectivity index (χ2n) is 8.68. The van der Waals surface area contributed by atoms with Crippen molar-refractivity contribution in [1.82, 2.24) is 10.3 Å². The van der Waals surface area contributed by atoms with Crippen LogP contribution in [-0.2, 0) is 9.59 Å².